The highest BCUT2D eigenvalue weighted by molar-refractivity contribution is 7.99. The Bertz CT molecular complexity index is 505. The number of rotatable bonds is 0. The van der Waals surface area contributed by atoms with Gasteiger partial charge in [-0.2, -0.15) is 4.37 Å². The van der Waals surface area contributed by atoms with E-state index >= 15 is 0 Å². The van der Waals surface area contributed by atoms with E-state index in [1.807, 2.05) is 0 Å². The summed E-state index contributed by atoms with van der Waals surface area (Å²) >= 11 is 3.35. The molecule has 0 spiro atoms. The second-order valence-corrected chi connectivity index (χ2v) is 5.48. The molecule has 0 saturated heterocycles. The minimum Gasteiger partial charge on any atom is -0.380 e. The number of nitrogens with zero attached hydrogens (tertiary/aromatic N) is 1. The van der Waals surface area contributed by atoms with Gasteiger partial charge < -0.3 is 5.32 Å². The topological polar surface area (TPSA) is 24.9 Å². The molecular formula is C11H10N2S2. The lowest BCUT2D eigenvalue weighted by Crippen LogP contribution is -1.98. The van der Waals surface area contributed by atoms with Gasteiger partial charge in [0, 0.05) is 27.6 Å². The summed E-state index contributed by atoms with van der Waals surface area (Å²) in [6.45, 7) is 3.02. The molecule has 1 aliphatic heterocycles. The van der Waals surface area contributed by atoms with Crippen molar-refractivity contribution in [3.05, 3.63) is 34.7 Å². The average molecular weight is 234 g/mol. The lowest BCUT2D eigenvalue weighted by molar-refractivity contribution is 1.06. The van der Waals surface area contributed by atoms with Crippen LogP contribution in [0.2, 0.25) is 0 Å². The molecule has 0 bridgehead atoms. The molecule has 1 aromatic carbocycles. The quantitative estimate of drug-likeness (QED) is 0.755. The van der Waals surface area contributed by atoms with Crippen molar-refractivity contribution in [1.82, 2.24) is 4.37 Å². The first kappa shape index (κ1) is 9.24. The third-order valence-electron chi connectivity index (χ3n) is 2.50. The van der Waals surface area contributed by atoms with Crippen molar-refractivity contribution in [2.75, 3.05) is 5.32 Å². The summed E-state index contributed by atoms with van der Waals surface area (Å²) in [4.78, 5) is 2.58. The van der Waals surface area contributed by atoms with E-state index in [0.29, 0.717) is 0 Å². The van der Waals surface area contributed by atoms with Crippen LogP contribution in [0.4, 0.5) is 5.69 Å². The Balaban J connectivity index is 2.10. The molecule has 0 unspecified atom stereocenters. The Kier molecular flexibility index (Phi) is 2.18. The van der Waals surface area contributed by atoms with Crippen LogP contribution in [0.5, 0.6) is 0 Å². The molecule has 1 aliphatic rings. The Labute approximate surface area is 96.9 Å². The highest BCUT2D eigenvalue weighted by Gasteiger charge is 2.17. The van der Waals surface area contributed by atoms with E-state index in [2.05, 4.69) is 40.9 Å². The predicted molar refractivity (Wildman–Crippen MR) is 64.7 cm³/mol. The SMILES string of the molecule is Cc1snc2c1CNc1ccccc1S2. The van der Waals surface area contributed by atoms with Gasteiger partial charge in [0.1, 0.15) is 5.03 Å². The van der Waals surface area contributed by atoms with Gasteiger partial charge in [0.2, 0.25) is 0 Å². The molecule has 76 valence electrons. The molecule has 0 atom stereocenters. The van der Waals surface area contributed by atoms with E-state index < -0.39 is 0 Å². The zero-order chi connectivity index (χ0) is 10.3. The van der Waals surface area contributed by atoms with Crippen molar-refractivity contribution in [2.24, 2.45) is 0 Å². The van der Waals surface area contributed by atoms with Gasteiger partial charge in [-0.25, -0.2) is 0 Å². The van der Waals surface area contributed by atoms with Crippen molar-refractivity contribution in [1.29, 1.82) is 0 Å². The fourth-order valence-electron chi connectivity index (χ4n) is 1.64. The molecule has 4 heteroatoms. The van der Waals surface area contributed by atoms with Crippen LogP contribution in [0, 0.1) is 6.92 Å². The summed E-state index contributed by atoms with van der Waals surface area (Å²) in [6, 6.07) is 8.38. The van der Waals surface area contributed by atoms with Crippen LogP contribution in [0.15, 0.2) is 34.2 Å². The van der Waals surface area contributed by atoms with E-state index in [-0.39, 0.29) is 0 Å². The molecule has 0 aliphatic carbocycles. The molecule has 0 radical (unpaired) electrons. The van der Waals surface area contributed by atoms with Gasteiger partial charge in [0.05, 0.1) is 0 Å². The van der Waals surface area contributed by atoms with Gasteiger partial charge >= 0.3 is 0 Å². The monoisotopic (exact) mass is 234 g/mol. The van der Waals surface area contributed by atoms with Crippen LogP contribution in [0.25, 0.3) is 0 Å². The minimum atomic E-state index is 0.891. The third-order valence-corrected chi connectivity index (χ3v) is 4.51. The van der Waals surface area contributed by atoms with Crippen LogP contribution in [0.3, 0.4) is 0 Å². The molecule has 0 saturated carbocycles. The molecular weight excluding hydrogens is 224 g/mol. The zero-order valence-corrected chi connectivity index (χ0v) is 9.91. The van der Waals surface area contributed by atoms with Crippen molar-refractivity contribution in [2.45, 2.75) is 23.4 Å². The molecule has 15 heavy (non-hydrogen) atoms. The van der Waals surface area contributed by atoms with E-state index in [1.54, 1.807) is 23.3 Å². The maximum absolute atomic E-state index is 4.48. The Morgan fingerprint density at radius 1 is 1.33 bits per heavy atom. The molecule has 1 N–H and O–H groups in total. The summed E-state index contributed by atoms with van der Waals surface area (Å²) in [5.74, 6) is 0. The fourth-order valence-corrected chi connectivity index (χ4v) is 3.53. The Morgan fingerprint density at radius 3 is 3.13 bits per heavy atom. The normalized spacial score (nSPS) is 13.7. The van der Waals surface area contributed by atoms with Crippen LogP contribution in [-0.4, -0.2) is 4.37 Å². The molecule has 3 rings (SSSR count). The molecule has 0 fully saturated rings. The number of anilines is 1. The maximum Gasteiger partial charge on any atom is 0.120 e. The summed E-state index contributed by atoms with van der Waals surface area (Å²) < 4.78 is 4.48. The smallest absolute Gasteiger partial charge is 0.120 e. The van der Waals surface area contributed by atoms with Crippen LogP contribution < -0.4 is 5.32 Å². The van der Waals surface area contributed by atoms with E-state index in [0.717, 1.165) is 11.6 Å². The van der Waals surface area contributed by atoms with Crippen molar-refractivity contribution < 1.29 is 0 Å². The number of fused-ring (bicyclic) bond motifs is 2. The first-order valence-corrected chi connectivity index (χ1v) is 6.39. The Hall–Kier alpha value is -1.00. The summed E-state index contributed by atoms with van der Waals surface area (Å²) in [5, 5.41) is 4.62. The zero-order valence-electron chi connectivity index (χ0n) is 8.28. The maximum atomic E-state index is 4.48. The van der Waals surface area contributed by atoms with E-state index in [9.17, 15) is 0 Å². The van der Waals surface area contributed by atoms with Gasteiger partial charge in [-0.15, -0.1) is 0 Å². The van der Waals surface area contributed by atoms with Gasteiger partial charge in [-0.3, -0.25) is 0 Å². The number of nitrogens with one attached hydrogen (secondary N) is 1. The van der Waals surface area contributed by atoms with Crippen LogP contribution in [0.1, 0.15) is 10.4 Å². The number of hydrogen-bond donors (Lipinski definition) is 1. The van der Waals surface area contributed by atoms with Crippen LogP contribution >= 0.6 is 23.3 Å². The number of benzene rings is 1. The standard InChI is InChI=1S/C11H10N2S2/c1-7-8-6-12-9-4-2-3-5-10(9)14-11(8)13-15-7/h2-5,12H,6H2,1H3. The predicted octanol–water partition coefficient (Wildman–Crippen LogP) is 3.53. The van der Waals surface area contributed by atoms with Crippen molar-refractivity contribution in [3.63, 3.8) is 0 Å². The minimum absolute atomic E-state index is 0.891. The van der Waals surface area contributed by atoms with E-state index in [1.165, 1.54) is 21.0 Å². The fraction of sp³-hybridized carbons (Fsp3) is 0.182. The molecule has 2 aromatic rings. The van der Waals surface area contributed by atoms with E-state index in [4.69, 9.17) is 0 Å². The molecule has 2 heterocycles. The Morgan fingerprint density at radius 2 is 2.20 bits per heavy atom. The van der Waals surface area contributed by atoms with Crippen molar-refractivity contribution >= 4 is 29.0 Å². The van der Waals surface area contributed by atoms with Crippen LogP contribution in [-0.2, 0) is 6.54 Å². The van der Waals surface area contributed by atoms with Crippen molar-refractivity contribution in [3.8, 4) is 0 Å². The highest BCUT2D eigenvalue weighted by atomic mass is 32.2. The number of hydrogen-bond acceptors (Lipinski definition) is 4. The number of aromatic nitrogens is 1. The van der Waals surface area contributed by atoms with Gasteiger partial charge in [-0.1, -0.05) is 23.9 Å². The average Bonchev–Trinajstić information content (AvgIpc) is 2.51. The molecule has 0 amide bonds. The van der Waals surface area contributed by atoms with Gasteiger partial charge in [-0.05, 0) is 30.6 Å². The first-order chi connectivity index (χ1) is 7.34. The first-order valence-electron chi connectivity index (χ1n) is 4.80. The van der Waals surface area contributed by atoms with Gasteiger partial charge in [0.25, 0.3) is 0 Å². The number of aryl methyl sites for hydroxylation is 1. The molecule has 1 aromatic heterocycles. The third kappa shape index (κ3) is 1.54. The molecule has 2 nitrogen and oxygen atoms in total. The van der Waals surface area contributed by atoms with Gasteiger partial charge in [0.15, 0.2) is 0 Å². The second-order valence-electron chi connectivity index (χ2n) is 3.47. The number of para-hydroxylation sites is 1. The largest absolute Gasteiger partial charge is 0.380 e. The highest BCUT2D eigenvalue weighted by Crippen LogP contribution is 2.39. The lowest BCUT2D eigenvalue weighted by Gasteiger charge is -2.05. The summed E-state index contributed by atoms with van der Waals surface area (Å²) in [6.07, 6.45) is 0. The summed E-state index contributed by atoms with van der Waals surface area (Å²) in [7, 11) is 0. The summed E-state index contributed by atoms with van der Waals surface area (Å²) in [5.41, 5.74) is 2.56. The second kappa shape index (κ2) is 3.54. The lowest BCUT2D eigenvalue weighted by atomic mass is 10.2.